The summed E-state index contributed by atoms with van der Waals surface area (Å²) < 4.78 is 4.82. The van der Waals surface area contributed by atoms with Crippen LogP contribution in [0.25, 0.3) is 5.76 Å². The molecule has 1 aromatic rings. The minimum absolute atomic E-state index is 0.121. The minimum atomic E-state index is -0.568. The molecule has 0 aliphatic heterocycles. The zero-order valence-corrected chi connectivity index (χ0v) is 9.30. The second-order valence-corrected chi connectivity index (χ2v) is 3.48. The van der Waals surface area contributed by atoms with Crippen LogP contribution in [0.3, 0.4) is 0 Å². The lowest BCUT2D eigenvalue weighted by Gasteiger charge is -2.06. The Morgan fingerprint density at radius 3 is 2.47 bits per heavy atom. The summed E-state index contributed by atoms with van der Waals surface area (Å²) in [7, 11) is 1.37. The molecule has 0 saturated carbocycles. The summed E-state index contributed by atoms with van der Waals surface area (Å²) >= 11 is 11.4. The van der Waals surface area contributed by atoms with Crippen LogP contribution in [0.1, 0.15) is 5.56 Å². The molecule has 6 heteroatoms. The average molecular weight is 248 g/mol. The van der Waals surface area contributed by atoms with Crippen molar-refractivity contribution in [3.8, 4) is 0 Å². The largest absolute Gasteiger partial charge is 0.496 e. The van der Waals surface area contributed by atoms with Crippen molar-refractivity contribution in [2.75, 3.05) is 7.11 Å². The molecule has 0 aromatic heterocycles. The van der Waals surface area contributed by atoms with Gasteiger partial charge in [0.15, 0.2) is 0 Å². The maximum atomic E-state index is 10.7. The van der Waals surface area contributed by atoms with Crippen molar-refractivity contribution in [1.29, 1.82) is 0 Å². The Labute approximate surface area is 96.2 Å². The summed E-state index contributed by atoms with van der Waals surface area (Å²) in [5.41, 5.74) is 0.0353. The molecule has 0 amide bonds. The standard InChI is InChI=1S/C9H7Cl2NO3/c1-5(15-2)6-3-7(10)8(11)4-9(6)12(13)14/h3-4H,1H2,2H3. The Morgan fingerprint density at radius 1 is 1.47 bits per heavy atom. The fourth-order valence-corrected chi connectivity index (χ4v) is 1.34. The van der Waals surface area contributed by atoms with Crippen LogP contribution in [-0.2, 0) is 4.74 Å². The molecule has 0 fully saturated rings. The van der Waals surface area contributed by atoms with Gasteiger partial charge in [-0.15, -0.1) is 0 Å². The number of nitro benzene ring substituents is 1. The van der Waals surface area contributed by atoms with E-state index in [1.54, 1.807) is 0 Å². The summed E-state index contributed by atoms with van der Waals surface area (Å²) in [5, 5.41) is 11.1. The van der Waals surface area contributed by atoms with E-state index in [-0.39, 0.29) is 27.1 Å². The van der Waals surface area contributed by atoms with Crippen LogP contribution in [0.4, 0.5) is 5.69 Å². The van der Waals surface area contributed by atoms with Gasteiger partial charge in [-0.25, -0.2) is 0 Å². The van der Waals surface area contributed by atoms with Gasteiger partial charge >= 0.3 is 0 Å². The highest BCUT2D eigenvalue weighted by Crippen LogP contribution is 2.33. The lowest BCUT2D eigenvalue weighted by Crippen LogP contribution is -1.96. The quantitative estimate of drug-likeness (QED) is 0.467. The van der Waals surface area contributed by atoms with Crippen LogP contribution in [0.2, 0.25) is 10.0 Å². The van der Waals surface area contributed by atoms with Gasteiger partial charge in [0, 0.05) is 6.07 Å². The maximum absolute atomic E-state index is 10.7. The normalized spacial score (nSPS) is 9.80. The monoisotopic (exact) mass is 247 g/mol. The Kier molecular flexibility index (Phi) is 3.55. The molecule has 1 rings (SSSR count). The van der Waals surface area contributed by atoms with Gasteiger partial charge in [-0.2, -0.15) is 0 Å². The molecule has 0 N–H and O–H groups in total. The molecule has 0 aliphatic carbocycles. The molecule has 0 saturated heterocycles. The Balaban J connectivity index is 3.41. The Bertz CT molecular complexity index is 432. The number of halogens is 2. The van der Waals surface area contributed by atoms with Gasteiger partial charge in [0.25, 0.3) is 5.69 Å². The van der Waals surface area contributed by atoms with E-state index >= 15 is 0 Å². The van der Waals surface area contributed by atoms with Crippen LogP contribution in [0.15, 0.2) is 18.7 Å². The first-order valence-electron chi connectivity index (χ1n) is 3.84. The van der Waals surface area contributed by atoms with E-state index < -0.39 is 4.92 Å². The zero-order valence-electron chi connectivity index (χ0n) is 7.79. The van der Waals surface area contributed by atoms with Gasteiger partial charge in [0.2, 0.25) is 0 Å². The van der Waals surface area contributed by atoms with Gasteiger partial charge in [-0.3, -0.25) is 10.1 Å². The van der Waals surface area contributed by atoms with E-state index in [1.807, 2.05) is 0 Å². The highest BCUT2D eigenvalue weighted by Gasteiger charge is 2.19. The van der Waals surface area contributed by atoms with Crippen molar-refractivity contribution >= 4 is 34.6 Å². The Morgan fingerprint density at radius 2 is 2.00 bits per heavy atom. The van der Waals surface area contributed by atoms with Crippen molar-refractivity contribution in [1.82, 2.24) is 0 Å². The second-order valence-electron chi connectivity index (χ2n) is 2.67. The van der Waals surface area contributed by atoms with Crippen LogP contribution in [0.5, 0.6) is 0 Å². The van der Waals surface area contributed by atoms with Gasteiger partial charge in [-0.1, -0.05) is 29.8 Å². The summed E-state index contributed by atoms with van der Waals surface area (Å²) in [5.74, 6) is 0.167. The topological polar surface area (TPSA) is 52.4 Å². The smallest absolute Gasteiger partial charge is 0.281 e. The first-order chi connectivity index (χ1) is 6.97. The minimum Gasteiger partial charge on any atom is -0.496 e. The average Bonchev–Trinajstić information content (AvgIpc) is 2.20. The molecule has 80 valence electrons. The number of hydrogen-bond acceptors (Lipinski definition) is 3. The molecule has 1 aromatic carbocycles. The molecule has 0 unspecified atom stereocenters. The van der Waals surface area contributed by atoms with E-state index in [9.17, 15) is 10.1 Å². The van der Waals surface area contributed by atoms with Crippen molar-refractivity contribution < 1.29 is 9.66 Å². The lowest BCUT2D eigenvalue weighted by molar-refractivity contribution is -0.385. The van der Waals surface area contributed by atoms with Gasteiger partial charge < -0.3 is 4.74 Å². The highest BCUT2D eigenvalue weighted by atomic mass is 35.5. The highest BCUT2D eigenvalue weighted by molar-refractivity contribution is 6.42. The van der Waals surface area contributed by atoms with E-state index in [0.717, 1.165) is 0 Å². The SMILES string of the molecule is C=C(OC)c1cc(Cl)c(Cl)cc1[N+](=O)[O-]. The third-order valence-corrected chi connectivity index (χ3v) is 2.50. The van der Waals surface area contributed by atoms with Crippen LogP contribution in [-0.4, -0.2) is 12.0 Å². The van der Waals surface area contributed by atoms with Crippen LogP contribution >= 0.6 is 23.2 Å². The number of hydrogen-bond donors (Lipinski definition) is 0. The maximum Gasteiger partial charge on any atom is 0.281 e. The van der Waals surface area contributed by atoms with Crippen molar-refractivity contribution in [2.24, 2.45) is 0 Å². The predicted molar refractivity (Wildman–Crippen MR) is 59.2 cm³/mol. The lowest BCUT2D eigenvalue weighted by atomic mass is 10.1. The molecule has 15 heavy (non-hydrogen) atoms. The number of methoxy groups -OCH3 is 1. The molecule has 0 bridgehead atoms. The molecular formula is C9H7Cl2NO3. The third-order valence-electron chi connectivity index (χ3n) is 1.78. The summed E-state index contributed by atoms with van der Waals surface area (Å²) in [4.78, 5) is 10.1. The fraction of sp³-hybridized carbons (Fsp3) is 0.111. The molecule has 4 nitrogen and oxygen atoms in total. The van der Waals surface area contributed by atoms with Crippen LogP contribution < -0.4 is 0 Å². The molecule has 0 radical (unpaired) electrons. The Hall–Kier alpha value is -1.26. The second kappa shape index (κ2) is 4.51. The summed E-state index contributed by atoms with van der Waals surface area (Å²) in [6, 6.07) is 2.53. The number of ether oxygens (including phenoxy) is 1. The van der Waals surface area contributed by atoms with Gasteiger partial charge in [0.05, 0.1) is 27.6 Å². The van der Waals surface area contributed by atoms with Crippen molar-refractivity contribution in [3.63, 3.8) is 0 Å². The molecular weight excluding hydrogens is 241 g/mol. The number of benzene rings is 1. The van der Waals surface area contributed by atoms with E-state index in [1.165, 1.54) is 19.2 Å². The zero-order chi connectivity index (χ0) is 11.6. The third kappa shape index (κ3) is 2.40. The molecule has 0 heterocycles. The molecule has 0 atom stereocenters. The number of nitro groups is 1. The van der Waals surface area contributed by atoms with E-state index in [4.69, 9.17) is 27.9 Å². The summed E-state index contributed by atoms with van der Waals surface area (Å²) in [6.45, 7) is 3.53. The van der Waals surface area contributed by atoms with Crippen molar-refractivity contribution in [2.45, 2.75) is 0 Å². The number of nitrogens with zero attached hydrogens (tertiary/aromatic N) is 1. The van der Waals surface area contributed by atoms with Crippen LogP contribution in [0, 0.1) is 10.1 Å². The van der Waals surface area contributed by atoms with E-state index in [0.29, 0.717) is 0 Å². The first-order valence-corrected chi connectivity index (χ1v) is 4.59. The van der Waals surface area contributed by atoms with Gasteiger partial charge in [-0.05, 0) is 6.07 Å². The first kappa shape index (κ1) is 11.8. The predicted octanol–water partition coefficient (Wildman–Crippen LogP) is 3.52. The molecule has 0 spiro atoms. The molecule has 0 aliphatic rings. The van der Waals surface area contributed by atoms with Gasteiger partial charge in [0.1, 0.15) is 5.76 Å². The van der Waals surface area contributed by atoms with E-state index in [2.05, 4.69) is 6.58 Å². The van der Waals surface area contributed by atoms with Crippen molar-refractivity contribution in [3.05, 3.63) is 44.4 Å². The number of rotatable bonds is 3. The summed E-state index contributed by atoms with van der Waals surface area (Å²) in [6.07, 6.45) is 0. The fourth-order valence-electron chi connectivity index (χ4n) is 1.02.